The highest BCUT2D eigenvalue weighted by molar-refractivity contribution is 4.73. The van der Waals surface area contributed by atoms with Gasteiger partial charge in [-0.05, 0) is 37.5 Å². The van der Waals surface area contributed by atoms with Gasteiger partial charge in [0.05, 0.1) is 0 Å². The molecule has 0 spiro atoms. The van der Waals surface area contributed by atoms with Crippen molar-refractivity contribution in [1.82, 2.24) is 0 Å². The molecule has 10 heavy (non-hydrogen) atoms. The van der Waals surface area contributed by atoms with Crippen molar-refractivity contribution < 1.29 is 4.39 Å². The Balaban J connectivity index is 2.26. The summed E-state index contributed by atoms with van der Waals surface area (Å²) in [5.41, 5.74) is 0. The quantitative estimate of drug-likeness (QED) is 0.530. The molecule has 0 aromatic rings. The van der Waals surface area contributed by atoms with Crippen molar-refractivity contribution in [2.45, 2.75) is 45.7 Å². The number of halogens is 1. The molecule has 1 rings (SSSR count). The van der Waals surface area contributed by atoms with E-state index in [1.165, 1.54) is 0 Å². The molecule has 0 saturated heterocycles. The minimum absolute atomic E-state index is 0.491. The molecule has 0 unspecified atom stereocenters. The summed E-state index contributed by atoms with van der Waals surface area (Å²) in [5.74, 6) is 1.56. The highest BCUT2D eigenvalue weighted by Crippen LogP contribution is 2.30. The third-order valence-electron chi connectivity index (χ3n) is 2.64. The Morgan fingerprint density at radius 3 is 2.00 bits per heavy atom. The summed E-state index contributed by atoms with van der Waals surface area (Å²) in [6, 6.07) is 0. The number of alkyl halides is 1. The SMILES string of the molecule is CC(C)[C@H]1CC[C@H](F)CC1. The predicted octanol–water partition coefficient (Wildman–Crippen LogP) is 3.17. The molecule has 0 nitrogen and oxygen atoms in total. The van der Waals surface area contributed by atoms with Crippen LogP contribution in [0, 0.1) is 11.8 Å². The van der Waals surface area contributed by atoms with Crippen LogP contribution in [0.15, 0.2) is 0 Å². The van der Waals surface area contributed by atoms with Crippen LogP contribution >= 0.6 is 0 Å². The molecule has 0 aromatic heterocycles. The maximum Gasteiger partial charge on any atom is 0.100 e. The lowest BCUT2D eigenvalue weighted by Crippen LogP contribution is -2.18. The van der Waals surface area contributed by atoms with Crippen LogP contribution in [-0.4, -0.2) is 6.17 Å². The van der Waals surface area contributed by atoms with Crippen LogP contribution in [0.3, 0.4) is 0 Å². The monoisotopic (exact) mass is 144 g/mol. The second-order valence-electron chi connectivity index (χ2n) is 3.76. The molecule has 0 N–H and O–H groups in total. The molecule has 0 heterocycles. The van der Waals surface area contributed by atoms with Crippen molar-refractivity contribution in [3.05, 3.63) is 0 Å². The lowest BCUT2D eigenvalue weighted by Gasteiger charge is -2.26. The Hall–Kier alpha value is -0.0700. The zero-order valence-corrected chi connectivity index (χ0v) is 6.94. The molecular formula is C9H17F. The van der Waals surface area contributed by atoms with E-state index in [-0.39, 0.29) is 0 Å². The molecule has 60 valence electrons. The van der Waals surface area contributed by atoms with E-state index in [1.54, 1.807) is 0 Å². The first-order chi connectivity index (χ1) is 4.70. The normalized spacial score (nSPS) is 34.8. The van der Waals surface area contributed by atoms with Gasteiger partial charge in [0, 0.05) is 0 Å². The average Bonchev–Trinajstić information content (AvgIpc) is 1.88. The molecule has 0 bridgehead atoms. The van der Waals surface area contributed by atoms with Gasteiger partial charge in [0.15, 0.2) is 0 Å². The van der Waals surface area contributed by atoms with Gasteiger partial charge in [-0.3, -0.25) is 0 Å². The van der Waals surface area contributed by atoms with Gasteiger partial charge in [0.2, 0.25) is 0 Å². The summed E-state index contributed by atoms with van der Waals surface area (Å²) >= 11 is 0. The van der Waals surface area contributed by atoms with Crippen LogP contribution in [0.1, 0.15) is 39.5 Å². The lowest BCUT2D eigenvalue weighted by atomic mass is 9.81. The van der Waals surface area contributed by atoms with Gasteiger partial charge >= 0.3 is 0 Å². The second-order valence-corrected chi connectivity index (χ2v) is 3.76. The molecular weight excluding hydrogens is 127 g/mol. The summed E-state index contributed by atoms with van der Waals surface area (Å²) in [5, 5.41) is 0. The van der Waals surface area contributed by atoms with Crippen LogP contribution < -0.4 is 0 Å². The van der Waals surface area contributed by atoms with E-state index in [4.69, 9.17) is 0 Å². The molecule has 1 saturated carbocycles. The topological polar surface area (TPSA) is 0 Å². The Labute approximate surface area is 62.8 Å². The molecule has 0 radical (unpaired) electrons. The van der Waals surface area contributed by atoms with Gasteiger partial charge in [0.25, 0.3) is 0 Å². The van der Waals surface area contributed by atoms with Crippen LogP contribution in [0.5, 0.6) is 0 Å². The highest BCUT2D eigenvalue weighted by Gasteiger charge is 2.22. The average molecular weight is 144 g/mol. The smallest absolute Gasteiger partial charge is 0.100 e. The van der Waals surface area contributed by atoms with Gasteiger partial charge < -0.3 is 0 Å². The van der Waals surface area contributed by atoms with Gasteiger partial charge in [-0.15, -0.1) is 0 Å². The second kappa shape index (κ2) is 3.36. The van der Waals surface area contributed by atoms with Gasteiger partial charge in [-0.25, -0.2) is 4.39 Å². The summed E-state index contributed by atoms with van der Waals surface area (Å²) in [4.78, 5) is 0. The summed E-state index contributed by atoms with van der Waals surface area (Å²) in [6.45, 7) is 4.48. The minimum Gasteiger partial charge on any atom is -0.247 e. The molecule has 0 atom stereocenters. The fourth-order valence-electron chi connectivity index (χ4n) is 1.75. The standard InChI is InChI=1S/C9H17F/c1-7(2)8-3-5-9(10)6-4-8/h7-9H,3-6H2,1-2H3/t8-,9-. The van der Waals surface area contributed by atoms with E-state index in [2.05, 4.69) is 13.8 Å². The maximum absolute atomic E-state index is 12.6. The fraction of sp³-hybridized carbons (Fsp3) is 1.00. The molecule has 1 heteroatoms. The van der Waals surface area contributed by atoms with E-state index in [0.29, 0.717) is 0 Å². The third-order valence-corrected chi connectivity index (χ3v) is 2.64. The largest absolute Gasteiger partial charge is 0.247 e. The Morgan fingerprint density at radius 2 is 1.60 bits per heavy atom. The molecule has 1 aliphatic rings. The zero-order valence-electron chi connectivity index (χ0n) is 6.94. The van der Waals surface area contributed by atoms with E-state index < -0.39 is 6.17 Å². The molecule has 1 aliphatic carbocycles. The maximum atomic E-state index is 12.6. The number of hydrogen-bond donors (Lipinski definition) is 0. The first-order valence-corrected chi connectivity index (χ1v) is 4.34. The minimum atomic E-state index is -0.491. The van der Waals surface area contributed by atoms with Crippen molar-refractivity contribution in [2.75, 3.05) is 0 Å². The van der Waals surface area contributed by atoms with Crippen molar-refractivity contribution >= 4 is 0 Å². The van der Waals surface area contributed by atoms with Crippen molar-refractivity contribution in [3.63, 3.8) is 0 Å². The van der Waals surface area contributed by atoms with Crippen LogP contribution in [-0.2, 0) is 0 Å². The van der Waals surface area contributed by atoms with Crippen LogP contribution in [0.25, 0.3) is 0 Å². The van der Waals surface area contributed by atoms with E-state index in [9.17, 15) is 4.39 Å². The van der Waals surface area contributed by atoms with Crippen LogP contribution in [0.4, 0.5) is 4.39 Å². The van der Waals surface area contributed by atoms with Gasteiger partial charge in [-0.2, -0.15) is 0 Å². The summed E-state index contributed by atoms with van der Waals surface area (Å²) in [6.07, 6.45) is 3.35. The molecule has 1 fully saturated rings. The van der Waals surface area contributed by atoms with E-state index in [1.807, 2.05) is 0 Å². The first kappa shape index (κ1) is 8.03. The number of hydrogen-bond acceptors (Lipinski definition) is 0. The fourth-order valence-corrected chi connectivity index (χ4v) is 1.75. The van der Waals surface area contributed by atoms with Gasteiger partial charge in [-0.1, -0.05) is 13.8 Å². The van der Waals surface area contributed by atoms with E-state index in [0.717, 1.165) is 37.5 Å². The highest BCUT2D eigenvalue weighted by atomic mass is 19.1. The first-order valence-electron chi connectivity index (χ1n) is 4.34. The van der Waals surface area contributed by atoms with Crippen molar-refractivity contribution in [2.24, 2.45) is 11.8 Å². The number of rotatable bonds is 1. The Kier molecular flexibility index (Phi) is 2.70. The predicted molar refractivity (Wildman–Crippen MR) is 41.7 cm³/mol. The van der Waals surface area contributed by atoms with Crippen molar-refractivity contribution in [1.29, 1.82) is 0 Å². The van der Waals surface area contributed by atoms with Crippen LogP contribution in [0.2, 0.25) is 0 Å². The Bertz CT molecular complexity index is 90.9. The summed E-state index contributed by atoms with van der Waals surface area (Å²) in [7, 11) is 0. The third kappa shape index (κ3) is 1.96. The zero-order chi connectivity index (χ0) is 7.56. The van der Waals surface area contributed by atoms with Gasteiger partial charge in [0.1, 0.15) is 6.17 Å². The van der Waals surface area contributed by atoms with E-state index >= 15 is 0 Å². The summed E-state index contributed by atoms with van der Waals surface area (Å²) < 4.78 is 12.6. The molecule has 0 aromatic carbocycles. The lowest BCUT2D eigenvalue weighted by molar-refractivity contribution is 0.178. The Morgan fingerprint density at radius 1 is 1.10 bits per heavy atom. The molecule has 0 amide bonds. The molecule has 0 aliphatic heterocycles. The van der Waals surface area contributed by atoms with Crippen molar-refractivity contribution in [3.8, 4) is 0 Å².